The number of rotatable bonds is 8. The van der Waals surface area contributed by atoms with Gasteiger partial charge in [-0.2, -0.15) is 10.2 Å². The maximum Gasteiger partial charge on any atom is 0.124 e. The van der Waals surface area contributed by atoms with Crippen LogP contribution >= 0.6 is 22.7 Å². The van der Waals surface area contributed by atoms with E-state index in [1.165, 1.54) is 20.5 Å². The Balaban J connectivity index is 0.899. The topological polar surface area (TPSA) is 57.0 Å². The van der Waals surface area contributed by atoms with Crippen molar-refractivity contribution in [3.05, 3.63) is 204 Å². The minimum Gasteiger partial charge on any atom is -0.257 e. The van der Waals surface area contributed by atoms with E-state index in [1.807, 2.05) is 12.1 Å². The van der Waals surface area contributed by atoms with Crippen molar-refractivity contribution >= 4 is 65.9 Å². The lowest BCUT2D eigenvalue weighted by atomic mass is 9.94. The number of hydrogen-bond donors (Lipinski definition) is 0. The molecule has 0 radical (unpaired) electrons. The van der Waals surface area contributed by atoms with Crippen molar-refractivity contribution in [1.29, 1.82) is 0 Å². The Morgan fingerprint density at radius 2 is 0.759 bits per heavy atom. The SMILES string of the molecule is c1ccc(C2=NN(c3ccc(-c4nc5ccccc5s4)cc3)C(c3ccc(C4CC(c5ccccc5)=NN4c4ccc(-c5nc6ccccc6s5)cc4)cc3)C2)cc1. The number of para-hydroxylation sites is 2. The van der Waals surface area contributed by atoms with Crippen LogP contribution in [0.4, 0.5) is 11.4 Å². The van der Waals surface area contributed by atoms with E-state index in [0.29, 0.717) is 0 Å². The summed E-state index contributed by atoms with van der Waals surface area (Å²) in [7, 11) is 0. The van der Waals surface area contributed by atoms with Gasteiger partial charge in [0.25, 0.3) is 0 Å². The number of hydrazone groups is 2. The molecular weight excluding hydrogens is 749 g/mol. The van der Waals surface area contributed by atoms with Crippen LogP contribution in [0.2, 0.25) is 0 Å². The van der Waals surface area contributed by atoms with E-state index in [-0.39, 0.29) is 12.1 Å². The Kier molecular flexibility index (Phi) is 8.71. The van der Waals surface area contributed by atoms with Crippen LogP contribution in [0.1, 0.15) is 47.2 Å². The van der Waals surface area contributed by atoms with Crippen LogP contribution in [-0.2, 0) is 0 Å². The van der Waals surface area contributed by atoms with E-state index >= 15 is 0 Å². The summed E-state index contributed by atoms with van der Waals surface area (Å²) in [4.78, 5) is 9.80. The van der Waals surface area contributed by atoms with E-state index < -0.39 is 0 Å². The smallest absolute Gasteiger partial charge is 0.124 e. The fourth-order valence-electron chi connectivity index (χ4n) is 8.07. The third kappa shape index (κ3) is 6.46. The highest BCUT2D eigenvalue weighted by Gasteiger charge is 2.33. The van der Waals surface area contributed by atoms with Crippen LogP contribution in [0.15, 0.2) is 192 Å². The second-order valence-electron chi connectivity index (χ2n) is 14.7. The Labute approximate surface area is 344 Å². The Morgan fingerprint density at radius 3 is 1.16 bits per heavy atom. The molecule has 11 rings (SSSR count). The molecule has 4 heterocycles. The van der Waals surface area contributed by atoms with E-state index in [9.17, 15) is 0 Å². The van der Waals surface area contributed by atoms with E-state index in [2.05, 4.69) is 180 Å². The zero-order valence-corrected chi connectivity index (χ0v) is 33.0. The molecule has 2 atom stereocenters. The van der Waals surface area contributed by atoms with Crippen LogP contribution in [0.3, 0.4) is 0 Å². The Morgan fingerprint density at radius 1 is 0.379 bits per heavy atom. The molecule has 9 aromatic rings. The molecule has 0 fully saturated rings. The largest absolute Gasteiger partial charge is 0.257 e. The summed E-state index contributed by atoms with van der Waals surface area (Å²) in [5, 5.41) is 17.0. The lowest BCUT2D eigenvalue weighted by molar-refractivity contribution is 0.696. The van der Waals surface area contributed by atoms with Crippen LogP contribution < -0.4 is 10.0 Å². The highest BCUT2D eigenvalue weighted by Crippen LogP contribution is 2.42. The predicted octanol–water partition coefficient (Wildman–Crippen LogP) is 13.0. The van der Waals surface area contributed by atoms with E-state index in [0.717, 1.165) is 78.9 Å². The van der Waals surface area contributed by atoms with Gasteiger partial charge in [0.2, 0.25) is 0 Å². The molecule has 0 saturated heterocycles. The molecule has 2 aromatic heterocycles. The van der Waals surface area contributed by atoms with Crippen LogP contribution in [-0.4, -0.2) is 21.4 Å². The third-order valence-electron chi connectivity index (χ3n) is 11.1. The molecule has 2 unspecified atom stereocenters. The molecule has 0 amide bonds. The van der Waals surface area contributed by atoms with Crippen LogP contribution in [0.25, 0.3) is 41.6 Å². The molecule has 0 saturated carbocycles. The number of nitrogens with zero attached hydrogens (tertiary/aromatic N) is 6. The van der Waals surface area contributed by atoms with Gasteiger partial charge in [0.15, 0.2) is 0 Å². The Hall–Kier alpha value is -6.74. The average molecular weight is 785 g/mol. The number of thiazole rings is 2. The predicted molar refractivity (Wildman–Crippen MR) is 242 cm³/mol. The standard InChI is InChI=1S/C50H36N6S2/c1-3-11-33(12-4-1)43-31-45(55(53-43)39-27-23-37(24-28-39)49-51-41-15-7-9-17-47(41)57-49)35-19-21-36(22-20-35)46-32-44(34-13-5-2-6-14-34)54-56(46)40-29-25-38(26-30-40)50-52-42-16-8-10-18-48(42)58-50/h1-30,45-46H,31-32H2. The van der Waals surface area contributed by atoms with Crippen molar-refractivity contribution in [1.82, 2.24) is 9.97 Å². The van der Waals surface area contributed by atoms with Gasteiger partial charge in [-0.1, -0.05) is 109 Å². The summed E-state index contributed by atoms with van der Waals surface area (Å²) in [6.45, 7) is 0. The van der Waals surface area contributed by atoms with Crippen molar-refractivity contribution in [3.8, 4) is 21.1 Å². The van der Waals surface area contributed by atoms with Crippen molar-refractivity contribution in [2.24, 2.45) is 10.2 Å². The minimum atomic E-state index is 0.0448. The highest BCUT2D eigenvalue weighted by molar-refractivity contribution is 7.22. The molecule has 0 bridgehead atoms. The van der Waals surface area contributed by atoms with Crippen molar-refractivity contribution in [2.45, 2.75) is 24.9 Å². The maximum atomic E-state index is 5.27. The maximum absolute atomic E-state index is 5.27. The van der Waals surface area contributed by atoms with Gasteiger partial charge in [-0.3, -0.25) is 10.0 Å². The van der Waals surface area contributed by atoms with Crippen molar-refractivity contribution in [3.63, 3.8) is 0 Å². The Bertz CT molecular complexity index is 2680. The van der Waals surface area contributed by atoms with Crippen molar-refractivity contribution < 1.29 is 0 Å². The summed E-state index contributed by atoms with van der Waals surface area (Å²) in [5.41, 5.74) is 13.3. The fourth-order valence-corrected chi connectivity index (χ4v) is 10.0. The lowest BCUT2D eigenvalue weighted by Gasteiger charge is -2.26. The third-order valence-corrected chi connectivity index (χ3v) is 13.3. The molecule has 0 aliphatic carbocycles. The van der Waals surface area contributed by atoms with Gasteiger partial charge in [0.1, 0.15) is 10.0 Å². The summed E-state index contributed by atoms with van der Waals surface area (Å²) in [6.07, 6.45) is 1.61. The molecule has 2 aliphatic rings. The summed E-state index contributed by atoms with van der Waals surface area (Å²) in [5.74, 6) is 0. The van der Waals surface area contributed by atoms with Crippen molar-refractivity contribution in [2.75, 3.05) is 10.0 Å². The fraction of sp³-hybridized carbons (Fsp3) is 0.0800. The number of fused-ring (bicyclic) bond motifs is 2. The molecule has 8 heteroatoms. The second-order valence-corrected chi connectivity index (χ2v) is 16.7. The quantitative estimate of drug-likeness (QED) is 0.154. The first-order chi connectivity index (χ1) is 28.7. The molecule has 0 N–H and O–H groups in total. The second kappa shape index (κ2) is 14.6. The van der Waals surface area contributed by atoms with Gasteiger partial charge in [0, 0.05) is 24.0 Å². The first kappa shape index (κ1) is 34.5. The van der Waals surface area contributed by atoms with Crippen LogP contribution in [0.5, 0.6) is 0 Å². The summed E-state index contributed by atoms with van der Waals surface area (Å²) >= 11 is 3.45. The van der Waals surface area contributed by atoms with Gasteiger partial charge in [-0.05, 0) is 95.1 Å². The number of anilines is 2. The molecule has 278 valence electrons. The molecule has 58 heavy (non-hydrogen) atoms. The molecule has 6 nitrogen and oxygen atoms in total. The van der Waals surface area contributed by atoms with Gasteiger partial charge in [-0.15, -0.1) is 22.7 Å². The van der Waals surface area contributed by atoms with E-state index in [1.54, 1.807) is 22.7 Å². The molecule has 7 aromatic carbocycles. The summed E-state index contributed by atoms with van der Waals surface area (Å²) in [6, 6.07) is 64.4. The monoisotopic (exact) mass is 784 g/mol. The molecular formula is C50H36N6S2. The number of hydrogen-bond acceptors (Lipinski definition) is 8. The van der Waals surface area contributed by atoms with Gasteiger partial charge >= 0.3 is 0 Å². The minimum absolute atomic E-state index is 0.0448. The first-order valence-corrected chi connectivity index (χ1v) is 21.2. The first-order valence-electron chi connectivity index (χ1n) is 19.6. The zero-order chi connectivity index (χ0) is 38.4. The zero-order valence-electron chi connectivity index (χ0n) is 31.4. The normalized spacial score (nSPS) is 16.6. The van der Waals surface area contributed by atoms with Gasteiger partial charge < -0.3 is 0 Å². The number of aromatic nitrogens is 2. The molecule has 2 aliphatic heterocycles. The van der Waals surface area contributed by atoms with Gasteiger partial charge in [0.05, 0.1) is 55.3 Å². The molecule has 0 spiro atoms. The summed E-state index contributed by atoms with van der Waals surface area (Å²) < 4.78 is 2.40. The van der Waals surface area contributed by atoms with Crippen LogP contribution in [0, 0.1) is 0 Å². The van der Waals surface area contributed by atoms with Gasteiger partial charge in [-0.25, -0.2) is 9.97 Å². The average Bonchev–Trinajstić information content (AvgIpc) is 4.12. The van der Waals surface area contributed by atoms with E-state index in [4.69, 9.17) is 20.2 Å². The highest BCUT2D eigenvalue weighted by atomic mass is 32.1. The number of benzene rings is 7. The lowest BCUT2D eigenvalue weighted by Crippen LogP contribution is -2.20.